The average Bonchev–Trinajstić information content (AvgIpc) is 3.10. The minimum Gasteiger partial charge on any atom is -0.323 e. The van der Waals surface area contributed by atoms with Gasteiger partial charge in [-0.2, -0.15) is 0 Å². The van der Waals surface area contributed by atoms with E-state index in [0.29, 0.717) is 16.7 Å². The molecule has 5 heteroatoms. The van der Waals surface area contributed by atoms with Gasteiger partial charge in [-0.25, -0.2) is 0 Å². The number of H-pyrrole nitrogens is 1. The van der Waals surface area contributed by atoms with Crippen molar-refractivity contribution in [2.75, 3.05) is 0 Å². The van der Waals surface area contributed by atoms with Crippen molar-refractivity contribution in [3.8, 4) is 11.1 Å². The predicted molar refractivity (Wildman–Crippen MR) is 116 cm³/mol. The average molecular weight is 391 g/mol. The number of aromatic nitrogens is 2. The molecular formula is C22H18N2OS2. The fourth-order valence-corrected chi connectivity index (χ4v) is 4.48. The van der Waals surface area contributed by atoms with Crippen LogP contribution in [0.15, 0.2) is 77.4 Å². The van der Waals surface area contributed by atoms with Crippen molar-refractivity contribution in [1.29, 1.82) is 0 Å². The third kappa shape index (κ3) is 3.44. The van der Waals surface area contributed by atoms with Gasteiger partial charge in [0.15, 0.2) is 4.77 Å². The van der Waals surface area contributed by atoms with E-state index in [9.17, 15) is 4.79 Å². The number of nitrogens with one attached hydrogen (secondary N) is 1. The van der Waals surface area contributed by atoms with Gasteiger partial charge in [0, 0.05) is 17.5 Å². The Balaban J connectivity index is 1.74. The number of thiophene rings is 1. The molecule has 2 heterocycles. The van der Waals surface area contributed by atoms with Gasteiger partial charge in [-0.1, -0.05) is 60.7 Å². The number of hydrogen-bond acceptors (Lipinski definition) is 3. The molecule has 0 aliphatic heterocycles. The summed E-state index contributed by atoms with van der Waals surface area (Å²) in [6, 6.07) is 18.8. The molecule has 2 aromatic carbocycles. The minimum atomic E-state index is -0.0711. The molecule has 0 saturated heterocycles. The van der Waals surface area contributed by atoms with Crippen LogP contribution in [0.25, 0.3) is 21.3 Å². The summed E-state index contributed by atoms with van der Waals surface area (Å²) >= 11 is 6.81. The first-order valence-corrected chi connectivity index (χ1v) is 9.94. The summed E-state index contributed by atoms with van der Waals surface area (Å²) in [5.74, 6) is 0. The van der Waals surface area contributed by atoms with E-state index in [1.54, 1.807) is 10.6 Å². The van der Waals surface area contributed by atoms with Crippen LogP contribution in [0, 0.1) is 4.77 Å². The normalized spacial score (nSPS) is 11.0. The van der Waals surface area contributed by atoms with E-state index in [2.05, 4.69) is 60.1 Å². The fourth-order valence-electron chi connectivity index (χ4n) is 3.20. The molecule has 0 aliphatic rings. The van der Waals surface area contributed by atoms with E-state index in [0.717, 1.165) is 22.4 Å². The zero-order valence-electron chi connectivity index (χ0n) is 14.6. The van der Waals surface area contributed by atoms with E-state index < -0.39 is 0 Å². The first-order valence-electron chi connectivity index (χ1n) is 8.66. The van der Waals surface area contributed by atoms with Gasteiger partial charge in [-0.15, -0.1) is 17.9 Å². The second-order valence-electron chi connectivity index (χ2n) is 6.35. The topological polar surface area (TPSA) is 37.8 Å². The SMILES string of the molecule is C=CCn1c(=S)[nH]c2scc(-c3ccc(Cc4ccccc4)cc3)c2c1=O. The summed E-state index contributed by atoms with van der Waals surface area (Å²) in [5.41, 5.74) is 4.43. The molecule has 1 N–H and O–H groups in total. The number of rotatable bonds is 5. The lowest BCUT2D eigenvalue weighted by molar-refractivity contribution is 0.754. The smallest absolute Gasteiger partial charge is 0.263 e. The summed E-state index contributed by atoms with van der Waals surface area (Å²) in [7, 11) is 0. The number of fused-ring (bicyclic) bond motifs is 1. The van der Waals surface area contributed by atoms with Crippen LogP contribution in [0.1, 0.15) is 11.1 Å². The van der Waals surface area contributed by atoms with Crippen molar-refractivity contribution in [1.82, 2.24) is 9.55 Å². The first kappa shape index (κ1) is 17.6. The van der Waals surface area contributed by atoms with Crippen LogP contribution in [0.4, 0.5) is 0 Å². The highest BCUT2D eigenvalue weighted by Gasteiger charge is 2.13. The van der Waals surface area contributed by atoms with E-state index in [1.165, 1.54) is 22.5 Å². The lowest BCUT2D eigenvalue weighted by Gasteiger charge is -2.06. The molecule has 0 unspecified atom stereocenters. The highest BCUT2D eigenvalue weighted by atomic mass is 32.1. The summed E-state index contributed by atoms with van der Waals surface area (Å²) in [6.07, 6.45) is 2.58. The molecule has 134 valence electrons. The van der Waals surface area contributed by atoms with Crippen LogP contribution in [-0.2, 0) is 13.0 Å². The zero-order valence-corrected chi connectivity index (χ0v) is 16.3. The predicted octanol–water partition coefficient (Wildman–Crippen LogP) is 5.56. The number of hydrogen-bond donors (Lipinski definition) is 1. The molecule has 0 fully saturated rings. The summed E-state index contributed by atoms with van der Waals surface area (Å²) in [6.45, 7) is 4.11. The molecule has 4 aromatic rings. The van der Waals surface area contributed by atoms with E-state index in [1.807, 2.05) is 11.4 Å². The van der Waals surface area contributed by atoms with Gasteiger partial charge in [0.05, 0.1) is 5.39 Å². The van der Waals surface area contributed by atoms with Crippen LogP contribution in [0.3, 0.4) is 0 Å². The Labute approximate surface area is 166 Å². The molecule has 0 amide bonds. The monoisotopic (exact) mass is 390 g/mol. The maximum atomic E-state index is 12.9. The van der Waals surface area contributed by atoms with Crippen LogP contribution in [-0.4, -0.2) is 9.55 Å². The fraction of sp³-hybridized carbons (Fsp3) is 0.0909. The molecule has 0 saturated carbocycles. The molecule has 0 spiro atoms. The Morgan fingerprint density at radius 1 is 1.07 bits per heavy atom. The zero-order chi connectivity index (χ0) is 18.8. The van der Waals surface area contributed by atoms with Crippen molar-refractivity contribution in [3.63, 3.8) is 0 Å². The molecule has 2 aromatic heterocycles. The van der Waals surface area contributed by atoms with E-state index in [-0.39, 0.29) is 5.56 Å². The van der Waals surface area contributed by atoms with Gasteiger partial charge in [0.2, 0.25) is 0 Å². The van der Waals surface area contributed by atoms with Crippen molar-refractivity contribution in [2.24, 2.45) is 0 Å². The Hall–Kier alpha value is -2.76. The highest BCUT2D eigenvalue weighted by molar-refractivity contribution is 7.71. The maximum absolute atomic E-state index is 12.9. The molecule has 0 radical (unpaired) electrons. The third-order valence-electron chi connectivity index (χ3n) is 4.54. The molecular weight excluding hydrogens is 372 g/mol. The summed E-state index contributed by atoms with van der Waals surface area (Å²) < 4.78 is 1.98. The van der Waals surface area contributed by atoms with Crippen molar-refractivity contribution in [3.05, 3.63) is 98.9 Å². The highest BCUT2D eigenvalue weighted by Crippen LogP contribution is 2.31. The van der Waals surface area contributed by atoms with Gasteiger partial charge in [0.1, 0.15) is 4.83 Å². The molecule has 4 rings (SSSR count). The molecule has 3 nitrogen and oxygen atoms in total. The Bertz CT molecular complexity index is 1220. The number of benzene rings is 2. The maximum Gasteiger partial charge on any atom is 0.263 e. The van der Waals surface area contributed by atoms with Crippen LogP contribution >= 0.6 is 23.6 Å². The van der Waals surface area contributed by atoms with Crippen molar-refractivity contribution in [2.45, 2.75) is 13.0 Å². The van der Waals surface area contributed by atoms with Crippen molar-refractivity contribution >= 4 is 33.8 Å². The molecule has 27 heavy (non-hydrogen) atoms. The standard InChI is InChI=1S/C22H18N2OS2/c1-2-12-24-21(25)19-18(14-27-20(19)23-22(24)26)17-10-8-16(9-11-17)13-15-6-4-3-5-7-15/h2-11,14H,1,12-13H2,(H,23,26). The summed E-state index contributed by atoms with van der Waals surface area (Å²) in [5, 5.41) is 2.70. The Morgan fingerprint density at radius 2 is 1.78 bits per heavy atom. The quantitative estimate of drug-likeness (QED) is 0.358. The lowest BCUT2D eigenvalue weighted by Crippen LogP contribution is -2.21. The summed E-state index contributed by atoms with van der Waals surface area (Å²) in [4.78, 5) is 16.9. The Kier molecular flexibility index (Phi) is 4.88. The number of allylic oxidation sites excluding steroid dienone is 1. The van der Waals surface area contributed by atoms with Crippen LogP contribution in [0.2, 0.25) is 0 Å². The lowest BCUT2D eigenvalue weighted by atomic mass is 10.0. The van der Waals surface area contributed by atoms with Gasteiger partial charge < -0.3 is 4.98 Å². The van der Waals surface area contributed by atoms with E-state index >= 15 is 0 Å². The molecule has 0 bridgehead atoms. The third-order valence-corrected chi connectivity index (χ3v) is 5.76. The van der Waals surface area contributed by atoms with Crippen LogP contribution in [0.5, 0.6) is 0 Å². The minimum absolute atomic E-state index is 0.0711. The van der Waals surface area contributed by atoms with Crippen LogP contribution < -0.4 is 5.56 Å². The van der Waals surface area contributed by atoms with Gasteiger partial charge >= 0.3 is 0 Å². The van der Waals surface area contributed by atoms with Gasteiger partial charge in [0.25, 0.3) is 5.56 Å². The Morgan fingerprint density at radius 3 is 2.48 bits per heavy atom. The largest absolute Gasteiger partial charge is 0.323 e. The number of aromatic amines is 1. The van der Waals surface area contributed by atoms with Crippen molar-refractivity contribution < 1.29 is 0 Å². The molecule has 0 aliphatic carbocycles. The van der Waals surface area contributed by atoms with Gasteiger partial charge in [-0.3, -0.25) is 9.36 Å². The second-order valence-corrected chi connectivity index (χ2v) is 7.61. The first-order chi connectivity index (χ1) is 13.2. The second kappa shape index (κ2) is 7.47. The van der Waals surface area contributed by atoms with Gasteiger partial charge in [-0.05, 0) is 35.3 Å². The molecule has 0 atom stereocenters. The van der Waals surface area contributed by atoms with E-state index in [4.69, 9.17) is 12.2 Å². The number of nitrogens with zero attached hydrogens (tertiary/aromatic N) is 1.